The fourth-order valence-electron chi connectivity index (χ4n) is 3.42. The molecule has 1 spiro atoms. The number of likely N-dealkylation sites (tertiary alicyclic amines) is 1. The van der Waals surface area contributed by atoms with Crippen molar-refractivity contribution >= 4 is 15.9 Å². The summed E-state index contributed by atoms with van der Waals surface area (Å²) < 4.78 is 14.1. The third-order valence-electron chi connectivity index (χ3n) is 4.57. The van der Waals surface area contributed by atoms with Crippen LogP contribution in [0.3, 0.4) is 0 Å². The van der Waals surface area contributed by atoms with E-state index in [1.807, 2.05) is 6.07 Å². The van der Waals surface area contributed by atoms with E-state index in [9.17, 15) is 4.39 Å². The summed E-state index contributed by atoms with van der Waals surface area (Å²) in [4.78, 5) is 2.48. The summed E-state index contributed by atoms with van der Waals surface area (Å²) in [7, 11) is 0. The Morgan fingerprint density at radius 3 is 2.79 bits per heavy atom. The van der Waals surface area contributed by atoms with Crippen LogP contribution in [0.1, 0.15) is 24.8 Å². The topological polar surface area (TPSA) is 15.3 Å². The van der Waals surface area contributed by atoms with Crippen molar-refractivity contribution in [3.63, 3.8) is 0 Å². The fourth-order valence-corrected chi connectivity index (χ4v) is 3.67. The van der Waals surface area contributed by atoms with Gasteiger partial charge in [0.1, 0.15) is 5.82 Å². The van der Waals surface area contributed by atoms with E-state index in [4.69, 9.17) is 0 Å². The van der Waals surface area contributed by atoms with Crippen molar-refractivity contribution in [2.24, 2.45) is 5.41 Å². The maximum Gasteiger partial charge on any atom is 0.137 e. The van der Waals surface area contributed by atoms with Crippen molar-refractivity contribution in [2.45, 2.75) is 25.8 Å². The van der Waals surface area contributed by atoms with Gasteiger partial charge in [0.15, 0.2) is 0 Å². The number of piperidine rings is 1. The van der Waals surface area contributed by atoms with Gasteiger partial charge in [0.2, 0.25) is 0 Å². The normalized spacial score (nSPS) is 23.1. The zero-order chi connectivity index (χ0) is 13.3. The monoisotopic (exact) mass is 326 g/mol. The smallest absolute Gasteiger partial charge is 0.137 e. The van der Waals surface area contributed by atoms with Crippen LogP contribution in [-0.2, 0) is 6.54 Å². The number of rotatable bonds is 2. The highest BCUT2D eigenvalue weighted by atomic mass is 79.9. The molecule has 2 fully saturated rings. The molecule has 19 heavy (non-hydrogen) atoms. The lowest BCUT2D eigenvalue weighted by molar-refractivity contribution is 0.194. The van der Waals surface area contributed by atoms with Crippen molar-refractivity contribution < 1.29 is 4.39 Å². The van der Waals surface area contributed by atoms with E-state index in [1.54, 1.807) is 12.1 Å². The lowest BCUT2D eigenvalue weighted by Gasteiger charge is -2.33. The molecule has 1 aromatic carbocycles. The molecule has 0 atom stereocenters. The van der Waals surface area contributed by atoms with Crippen molar-refractivity contribution in [3.8, 4) is 0 Å². The van der Waals surface area contributed by atoms with E-state index in [2.05, 4.69) is 26.1 Å². The summed E-state index contributed by atoms with van der Waals surface area (Å²) in [5.74, 6) is -0.159. The van der Waals surface area contributed by atoms with Crippen molar-refractivity contribution in [1.29, 1.82) is 0 Å². The summed E-state index contributed by atoms with van der Waals surface area (Å²) >= 11 is 3.20. The van der Waals surface area contributed by atoms with Gasteiger partial charge in [-0.3, -0.25) is 4.90 Å². The van der Waals surface area contributed by atoms with Gasteiger partial charge in [-0.25, -0.2) is 4.39 Å². The fraction of sp³-hybridized carbons (Fsp3) is 0.600. The molecule has 104 valence electrons. The average Bonchev–Trinajstić information content (AvgIpc) is 2.78. The van der Waals surface area contributed by atoms with E-state index >= 15 is 0 Å². The summed E-state index contributed by atoms with van der Waals surface area (Å²) in [6.45, 7) is 5.50. The predicted octanol–water partition coefficient (Wildman–Crippen LogP) is 3.16. The van der Waals surface area contributed by atoms with Crippen molar-refractivity contribution in [1.82, 2.24) is 10.2 Å². The third kappa shape index (κ3) is 3.01. The molecule has 4 heteroatoms. The van der Waals surface area contributed by atoms with Gasteiger partial charge < -0.3 is 5.32 Å². The number of benzene rings is 1. The Balaban J connectivity index is 1.63. The van der Waals surface area contributed by atoms with Crippen LogP contribution in [0, 0.1) is 11.2 Å². The van der Waals surface area contributed by atoms with Crippen LogP contribution in [0.2, 0.25) is 0 Å². The van der Waals surface area contributed by atoms with Gasteiger partial charge in [-0.1, -0.05) is 6.07 Å². The molecule has 0 unspecified atom stereocenters. The Morgan fingerprint density at radius 1 is 1.26 bits per heavy atom. The second-order valence-corrected chi connectivity index (χ2v) is 6.81. The first-order chi connectivity index (χ1) is 9.17. The molecule has 2 heterocycles. The van der Waals surface area contributed by atoms with E-state index in [-0.39, 0.29) is 5.82 Å². The lowest BCUT2D eigenvalue weighted by atomic mass is 9.78. The molecule has 2 aliphatic rings. The number of halogens is 2. The predicted molar refractivity (Wildman–Crippen MR) is 78.5 cm³/mol. The van der Waals surface area contributed by atoms with E-state index in [0.717, 1.165) is 31.7 Å². The summed E-state index contributed by atoms with van der Waals surface area (Å²) in [5, 5.41) is 3.44. The molecule has 2 aliphatic heterocycles. The first-order valence-corrected chi connectivity index (χ1v) is 7.83. The average molecular weight is 327 g/mol. The molecule has 2 nitrogen and oxygen atoms in total. The molecule has 0 aromatic heterocycles. The number of nitrogens with one attached hydrogen (secondary N) is 1. The molecule has 1 aromatic rings. The highest BCUT2D eigenvalue weighted by Crippen LogP contribution is 2.39. The summed E-state index contributed by atoms with van der Waals surface area (Å²) in [5.41, 5.74) is 1.60. The Morgan fingerprint density at radius 2 is 2.05 bits per heavy atom. The van der Waals surface area contributed by atoms with Crippen molar-refractivity contribution in [3.05, 3.63) is 34.1 Å². The lowest BCUT2D eigenvalue weighted by Crippen LogP contribution is -2.38. The Kier molecular flexibility index (Phi) is 3.92. The maximum atomic E-state index is 13.5. The second-order valence-electron chi connectivity index (χ2n) is 5.96. The molecule has 1 N–H and O–H groups in total. The van der Waals surface area contributed by atoms with Crippen LogP contribution in [-0.4, -0.2) is 31.1 Å². The Labute approximate surface area is 122 Å². The highest BCUT2D eigenvalue weighted by Gasteiger charge is 2.38. The Bertz CT molecular complexity index is 457. The zero-order valence-corrected chi connectivity index (χ0v) is 12.7. The standard InChI is InChI=1S/C15H20BrFN2/c16-13-2-1-12(9-14(13)17)10-19-8-5-15(11-19)3-6-18-7-4-15/h1-2,9,18H,3-8,10-11H2. The molecule has 0 saturated carbocycles. The van der Waals surface area contributed by atoms with E-state index < -0.39 is 0 Å². The largest absolute Gasteiger partial charge is 0.317 e. The SMILES string of the molecule is Fc1cc(CN2CCC3(CCNCC3)C2)ccc1Br. The van der Waals surface area contributed by atoms with Gasteiger partial charge in [0.05, 0.1) is 4.47 Å². The Hall–Kier alpha value is -0.450. The molecule has 0 aliphatic carbocycles. The van der Waals surface area contributed by atoms with Gasteiger partial charge in [-0.15, -0.1) is 0 Å². The molecule has 0 amide bonds. The second kappa shape index (κ2) is 5.51. The maximum absolute atomic E-state index is 13.5. The molecule has 0 radical (unpaired) electrons. The summed E-state index contributed by atoms with van der Waals surface area (Å²) in [6, 6.07) is 5.47. The minimum absolute atomic E-state index is 0.159. The first kappa shape index (κ1) is 13.5. The van der Waals surface area contributed by atoms with E-state index in [1.165, 1.54) is 25.8 Å². The molecule has 0 bridgehead atoms. The van der Waals surface area contributed by atoms with Gasteiger partial charge in [-0.05, 0) is 77.9 Å². The third-order valence-corrected chi connectivity index (χ3v) is 5.21. The number of hydrogen-bond acceptors (Lipinski definition) is 2. The van der Waals surface area contributed by atoms with Crippen LogP contribution in [0.25, 0.3) is 0 Å². The number of hydrogen-bond donors (Lipinski definition) is 1. The van der Waals surface area contributed by atoms with Gasteiger partial charge >= 0.3 is 0 Å². The van der Waals surface area contributed by atoms with E-state index in [0.29, 0.717) is 9.89 Å². The minimum atomic E-state index is -0.159. The van der Waals surface area contributed by atoms with Gasteiger partial charge in [0, 0.05) is 13.1 Å². The molecule has 3 rings (SSSR count). The molecular weight excluding hydrogens is 307 g/mol. The number of nitrogens with zero attached hydrogens (tertiary/aromatic N) is 1. The van der Waals surface area contributed by atoms with Crippen LogP contribution in [0.4, 0.5) is 4.39 Å². The minimum Gasteiger partial charge on any atom is -0.317 e. The van der Waals surface area contributed by atoms with Crippen LogP contribution in [0.5, 0.6) is 0 Å². The van der Waals surface area contributed by atoms with Crippen LogP contribution < -0.4 is 5.32 Å². The molecule has 2 saturated heterocycles. The first-order valence-electron chi connectivity index (χ1n) is 7.04. The van der Waals surface area contributed by atoms with Gasteiger partial charge in [0.25, 0.3) is 0 Å². The summed E-state index contributed by atoms with van der Waals surface area (Å²) in [6.07, 6.45) is 3.88. The zero-order valence-electron chi connectivity index (χ0n) is 11.1. The highest BCUT2D eigenvalue weighted by molar-refractivity contribution is 9.10. The van der Waals surface area contributed by atoms with Crippen molar-refractivity contribution in [2.75, 3.05) is 26.2 Å². The quantitative estimate of drug-likeness (QED) is 0.898. The van der Waals surface area contributed by atoms with Crippen LogP contribution in [0.15, 0.2) is 22.7 Å². The van der Waals surface area contributed by atoms with Gasteiger partial charge in [-0.2, -0.15) is 0 Å². The molecular formula is C15H20BrFN2. The van der Waals surface area contributed by atoms with Crippen LogP contribution >= 0.6 is 15.9 Å².